The van der Waals surface area contributed by atoms with Crippen LogP contribution in [0.4, 0.5) is 5.69 Å². The predicted octanol–water partition coefficient (Wildman–Crippen LogP) is 1.14. The van der Waals surface area contributed by atoms with Crippen LogP contribution in [0.5, 0.6) is 5.75 Å². The highest BCUT2D eigenvalue weighted by molar-refractivity contribution is 6.00. The Bertz CT molecular complexity index is 482. The minimum atomic E-state index is -0.246. The summed E-state index contributed by atoms with van der Waals surface area (Å²) in [4.78, 5) is 27.1. The third kappa shape index (κ3) is 2.70. The average molecular weight is 262 g/mol. The molecule has 1 aromatic carbocycles. The molecule has 1 atom stereocenters. The van der Waals surface area contributed by atoms with Crippen molar-refractivity contribution < 1.29 is 14.3 Å². The van der Waals surface area contributed by atoms with Crippen LogP contribution in [0.2, 0.25) is 0 Å². The average Bonchev–Trinajstić information content (AvgIpc) is 2.80. The highest BCUT2D eigenvalue weighted by atomic mass is 16.5. The van der Waals surface area contributed by atoms with Gasteiger partial charge in [0.05, 0.1) is 13.0 Å². The van der Waals surface area contributed by atoms with E-state index in [0.717, 1.165) is 11.4 Å². The first-order valence-corrected chi connectivity index (χ1v) is 6.18. The number of anilines is 1. The Hall–Kier alpha value is -2.04. The van der Waals surface area contributed by atoms with Gasteiger partial charge >= 0.3 is 0 Å². The number of benzene rings is 1. The molecular weight excluding hydrogens is 244 g/mol. The van der Waals surface area contributed by atoms with Crippen LogP contribution < -0.4 is 9.64 Å². The van der Waals surface area contributed by atoms with Crippen LogP contribution in [-0.4, -0.2) is 44.5 Å². The number of nitrogens with zero attached hydrogens (tertiary/aromatic N) is 2. The van der Waals surface area contributed by atoms with E-state index < -0.39 is 0 Å². The zero-order chi connectivity index (χ0) is 14.0. The molecule has 19 heavy (non-hydrogen) atoms. The zero-order valence-corrected chi connectivity index (χ0v) is 11.4. The topological polar surface area (TPSA) is 49.9 Å². The number of rotatable bonds is 3. The maximum Gasteiger partial charge on any atom is 0.227 e. The fraction of sp³-hybridized carbons (Fsp3) is 0.429. The summed E-state index contributed by atoms with van der Waals surface area (Å²) in [5.74, 6) is 0.496. The first-order valence-electron chi connectivity index (χ1n) is 6.18. The molecule has 1 aliphatic heterocycles. The molecule has 1 heterocycles. The molecule has 1 saturated heterocycles. The Morgan fingerprint density at radius 2 is 1.95 bits per heavy atom. The van der Waals surface area contributed by atoms with E-state index >= 15 is 0 Å². The third-order valence-electron chi connectivity index (χ3n) is 3.30. The molecule has 0 radical (unpaired) electrons. The molecule has 0 aromatic heterocycles. The van der Waals surface area contributed by atoms with E-state index in [2.05, 4.69) is 0 Å². The van der Waals surface area contributed by atoms with Gasteiger partial charge < -0.3 is 14.5 Å². The molecule has 0 bridgehead atoms. The summed E-state index contributed by atoms with van der Waals surface area (Å²) in [5.41, 5.74) is 0.805. The van der Waals surface area contributed by atoms with Gasteiger partial charge in [-0.05, 0) is 24.3 Å². The number of hydrogen-bond acceptors (Lipinski definition) is 3. The summed E-state index contributed by atoms with van der Waals surface area (Å²) >= 11 is 0. The van der Waals surface area contributed by atoms with Crippen LogP contribution in [0.3, 0.4) is 0 Å². The predicted molar refractivity (Wildman–Crippen MR) is 72.1 cm³/mol. The van der Waals surface area contributed by atoms with Gasteiger partial charge in [-0.25, -0.2) is 0 Å². The lowest BCUT2D eigenvalue weighted by molar-refractivity contribution is -0.133. The Balaban J connectivity index is 2.13. The van der Waals surface area contributed by atoms with Gasteiger partial charge in [-0.3, -0.25) is 9.59 Å². The molecule has 0 unspecified atom stereocenters. The summed E-state index contributed by atoms with van der Waals surface area (Å²) in [7, 11) is 5.02. The monoisotopic (exact) mass is 262 g/mol. The molecule has 2 rings (SSSR count). The van der Waals surface area contributed by atoms with Crippen molar-refractivity contribution in [3.8, 4) is 5.75 Å². The van der Waals surface area contributed by atoms with Gasteiger partial charge in [0, 0.05) is 32.7 Å². The molecule has 2 amide bonds. The molecule has 0 aliphatic carbocycles. The van der Waals surface area contributed by atoms with E-state index in [4.69, 9.17) is 4.74 Å². The van der Waals surface area contributed by atoms with E-state index in [-0.39, 0.29) is 24.2 Å². The smallest absolute Gasteiger partial charge is 0.227 e. The molecule has 5 heteroatoms. The lowest BCUT2D eigenvalue weighted by Gasteiger charge is -2.18. The molecule has 1 fully saturated rings. The SMILES string of the molecule is COc1ccc(N2C[C@H](C(=O)N(C)C)CC2=O)cc1. The maximum absolute atomic E-state index is 12.0. The van der Waals surface area contributed by atoms with Gasteiger partial charge in [0.15, 0.2) is 0 Å². The van der Waals surface area contributed by atoms with Crippen LogP contribution in [0, 0.1) is 5.92 Å². The van der Waals surface area contributed by atoms with Crippen molar-refractivity contribution in [3.05, 3.63) is 24.3 Å². The molecule has 0 spiro atoms. The molecule has 5 nitrogen and oxygen atoms in total. The Labute approximate surface area is 112 Å². The number of hydrogen-bond donors (Lipinski definition) is 0. The number of methoxy groups -OCH3 is 1. The van der Waals surface area contributed by atoms with Crippen LogP contribution in [-0.2, 0) is 9.59 Å². The van der Waals surface area contributed by atoms with E-state index in [9.17, 15) is 9.59 Å². The van der Waals surface area contributed by atoms with Crippen molar-refractivity contribution >= 4 is 17.5 Å². The highest BCUT2D eigenvalue weighted by Gasteiger charge is 2.35. The second-order valence-electron chi connectivity index (χ2n) is 4.84. The van der Waals surface area contributed by atoms with Gasteiger partial charge in [0.1, 0.15) is 5.75 Å². The van der Waals surface area contributed by atoms with Gasteiger partial charge in [0.2, 0.25) is 11.8 Å². The summed E-state index contributed by atoms with van der Waals surface area (Å²) in [6.45, 7) is 0.447. The molecular formula is C14H18N2O3. The van der Waals surface area contributed by atoms with E-state index in [1.165, 1.54) is 4.90 Å². The summed E-state index contributed by atoms with van der Waals surface area (Å²) < 4.78 is 5.09. The molecule has 1 aromatic rings. The molecule has 1 aliphatic rings. The van der Waals surface area contributed by atoms with Crippen molar-refractivity contribution in [2.24, 2.45) is 5.92 Å². The van der Waals surface area contributed by atoms with Gasteiger partial charge in [-0.2, -0.15) is 0 Å². The fourth-order valence-corrected chi connectivity index (χ4v) is 2.25. The fourth-order valence-electron chi connectivity index (χ4n) is 2.25. The minimum absolute atomic E-state index is 0.00404. The van der Waals surface area contributed by atoms with E-state index in [0.29, 0.717) is 6.54 Å². The summed E-state index contributed by atoms with van der Waals surface area (Å²) in [6.07, 6.45) is 0.281. The highest BCUT2D eigenvalue weighted by Crippen LogP contribution is 2.27. The normalized spacial score (nSPS) is 18.6. The summed E-state index contributed by atoms with van der Waals surface area (Å²) in [6, 6.07) is 7.28. The van der Waals surface area contributed by atoms with Crippen molar-refractivity contribution in [3.63, 3.8) is 0 Å². The lowest BCUT2D eigenvalue weighted by Crippen LogP contribution is -2.32. The van der Waals surface area contributed by atoms with Crippen LogP contribution in [0.15, 0.2) is 24.3 Å². The van der Waals surface area contributed by atoms with Crippen molar-refractivity contribution in [1.29, 1.82) is 0 Å². The zero-order valence-electron chi connectivity index (χ0n) is 11.4. The molecule has 0 saturated carbocycles. The van der Waals surface area contributed by atoms with E-state index in [1.807, 2.05) is 24.3 Å². The van der Waals surface area contributed by atoms with Gasteiger partial charge in [0.25, 0.3) is 0 Å². The first kappa shape index (κ1) is 13.4. The van der Waals surface area contributed by atoms with E-state index in [1.54, 1.807) is 26.1 Å². The van der Waals surface area contributed by atoms with Gasteiger partial charge in [-0.1, -0.05) is 0 Å². The second kappa shape index (κ2) is 5.30. The van der Waals surface area contributed by atoms with Crippen molar-refractivity contribution in [1.82, 2.24) is 4.90 Å². The molecule has 0 N–H and O–H groups in total. The number of amides is 2. The van der Waals surface area contributed by atoms with Crippen LogP contribution in [0.25, 0.3) is 0 Å². The Kier molecular flexibility index (Phi) is 3.74. The standard InChI is InChI=1S/C14H18N2O3/c1-15(2)14(18)10-8-13(17)16(9-10)11-4-6-12(19-3)7-5-11/h4-7,10H,8-9H2,1-3H3/t10-/m1/s1. The quantitative estimate of drug-likeness (QED) is 0.820. The minimum Gasteiger partial charge on any atom is -0.497 e. The second-order valence-corrected chi connectivity index (χ2v) is 4.84. The Morgan fingerprint density at radius 3 is 2.47 bits per heavy atom. The Morgan fingerprint density at radius 1 is 1.32 bits per heavy atom. The maximum atomic E-state index is 12.0. The number of carbonyl (C=O) groups excluding carboxylic acids is 2. The lowest BCUT2D eigenvalue weighted by atomic mass is 10.1. The van der Waals surface area contributed by atoms with Crippen LogP contribution in [0.1, 0.15) is 6.42 Å². The third-order valence-corrected chi connectivity index (χ3v) is 3.30. The van der Waals surface area contributed by atoms with Crippen molar-refractivity contribution in [2.45, 2.75) is 6.42 Å². The number of ether oxygens (including phenoxy) is 1. The van der Waals surface area contributed by atoms with Crippen molar-refractivity contribution in [2.75, 3.05) is 32.6 Å². The van der Waals surface area contributed by atoms with Crippen LogP contribution >= 0.6 is 0 Å². The first-order chi connectivity index (χ1) is 9.02. The number of carbonyl (C=O) groups is 2. The molecule has 102 valence electrons. The van der Waals surface area contributed by atoms with Gasteiger partial charge in [-0.15, -0.1) is 0 Å². The summed E-state index contributed by atoms with van der Waals surface area (Å²) in [5, 5.41) is 0. The largest absolute Gasteiger partial charge is 0.497 e.